The van der Waals surface area contributed by atoms with E-state index in [1.54, 1.807) is 90.9 Å². The third-order valence-electron chi connectivity index (χ3n) is 18.1. The van der Waals surface area contributed by atoms with Crippen molar-refractivity contribution in [2.75, 3.05) is 13.2 Å². The Hall–Kier alpha value is -8.51. The smallest absolute Gasteiger partial charge is 0.417 e. The molecule has 9 rings (SSSR count). The molecule has 1 fully saturated rings. The van der Waals surface area contributed by atoms with Gasteiger partial charge >= 0.3 is 35.9 Å². The van der Waals surface area contributed by atoms with Gasteiger partial charge in [0.25, 0.3) is 0 Å². The van der Waals surface area contributed by atoms with Crippen molar-refractivity contribution in [1.82, 2.24) is 9.47 Å². The predicted octanol–water partition coefficient (Wildman–Crippen LogP) is 23.7. The number of allylic oxidation sites excluding steroid dienone is 1. The third kappa shape index (κ3) is 45.9. The van der Waals surface area contributed by atoms with Crippen molar-refractivity contribution in [3.05, 3.63) is 209 Å². The van der Waals surface area contributed by atoms with Gasteiger partial charge in [-0.15, -0.1) is 0 Å². The summed E-state index contributed by atoms with van der Waals surface area (Å²) < 4.78 is 31.4. The Morgan fingerprint density at radius 2 is 0.961 bits per heavy atom. The van der Waals surface area contributed by atoms with Gasteiger partial charge in [0.1, 0.15) is 51.8 Å². The van der Waals surface area contributed by atoms with E-state index in [1.165, 1.54) is 32.6 Å². The first-order valence-corrected chi connectivity index (χ1v) is 47.4. The Kier molecular flexibility index (Phi) is 50.7. The molecule has 0 bridgehead atoms. The average Bonchev–Trinajstić information content (AvgIpc) is 1.58. The molecule has 0 aliphatic carbocycles. The van der Waals surface area contributed by atoms with Crippen LogP contribution in [0.2, 0.25) is 10.0 Å². The number of Topliss-reactive ketones (excluding diaryl/α,β-unsaturated/α-hetero) is 7. The van der Waals surface area contributed by atoms with E-state index in [4.69, 9.17) is 42.1 Å². The summed E-state index contributed by atoms with van der Waals surface area (Å²) in [7, 11) is 0. The highest BCUT2D eigenvalue weighted by Crippen LogP contribution is 2.43. The van der Waals surface area contributed by atoms with Gasteiger partial charge in [0, 0.05) is 112 Å². The summed E-state index contributed by atoms with van der Waals surface area (Å²) in [6.07, 6.45) is 9.72. The number of carbonyl (C=O) groups is 15. The minimum Gasteiger partial charge on any atom is -0.478 e. The number of nitrogens with zero attached hydrogens (tertiary/aromatic N) is 2. The zero-order chi connectivity index (χ0) is 97.3. The number of carbonyl (C=O) groups excluding carboxylic acids is 14. The molecule has 6 aromatic carbocycles. The molecule has 1 saturated heterocycles. The first-order valence-electron chi connectivity index (χ1n) is 42.4. The van der Waals surface area contributed by atoms with Gasteiger partial charge < -0.3 is 33.4 Å². The van der Waals surface area contributed by atoms with Crippen LogP contribution in [0.25, 0.3) is 28.5 Å². The Bertz CT molecular complexity index is 5050. The Balaban J connectivity index is 0.000000409. The molecule has 129 heavy (non-hydrogen) atoms. The maximum atomic E-state index is 13.6. The fraction of sp³-hybridized carbons (Fsp3) is 0.430. The van der Waals surface area contributed by atoms with Gasteiger partial charge in [0.15, 0.2) is 17.3 Å². The molecule has 2 aliphatic rings. The molecule has 7 aromatic rings. The minimum absolute atomic E-state index is 0.00639. The van der Waals surface area contributed by atoms with Gasteiger partial charge in [0.2, 0.25) is 5.91 Å². The largest absolute Gasteiger partial charge is 0.478 e. The van der Waals surface area contributed by atoms with Crippen LogP contribution in [0.3, 0.4) is 0 Å². The number of ether oxygens (including phenoxy) is 5. The van der Waals surface area contributed by atoms with Crippen LogP contribution in [0.5, 0.6) is 0 Å². The molecule has 2 amide bonds. The summed E-state index contributed by atoms with van der Waals surface area (Å²) in [6.45, 7) is 30.8. The summed E-state index contributed by atoms with van der Waals surface area (Å²) in [6, 6.07) is 44.4. The Labute approximate surface area is 823 Å². The second kappa shape index (κ2) is 57.0. The van der Waals surface area contributed by atoms with Crippen molar-refractivity contribution in [2.45, 2.75) is 262 Å². The number of unbranched alkanes of at least 4 members (excludes halogenated alkanes) is 3. The maximum Gasteiger partial charge on any atom is 0.417 e. The second-order valence-corrected chi connectivity index (χ2v) is 40.1. The lowest BCUT2D eigenvalue weighted by molar-refractivity contribution is -0.156. The van der Waals surface area contributed by atoms with Crippen LogP contribution in [0.4, 0.5) is 4.79 Å². The quantitative estimate of drug-likeness (QED) is 0.00485. The van der Waals surface area contributed by atoms with Crippen LogP contribution in [-0.4, -0.2) is 139 Å². The van der Waals surface area contributed by atoms with E-state index in [1.807, 2.05) is 151 Å². The number of aromatic carboxylic acids is 1. The summed E-state index contributed by atoms with van der Waals surface area (Å²) in [5.74, 6) is -5.63. The molecule has 2 atom stereocenters. The van der Waals surface area contributed by atoms with Crippen molar-refractivity contribution >= 4 is 208 Å². The molecule has 2 unspecified atom stereocenters. The highest BCUT2D eigenvalue weighted by molar-refractivity contribution is 14.1. The molecule has 3 heterocycles. The number of fused-ring (bicyclic) bond motifs is 1. The van der Waals surface area contributed by atoms with Crippen LogP contribution >= 0.6 is 114 Å². The van der Waals surface area contributed by atoms with Crippen molar-refractivity contribution in [1.29, 1.82) is 0 Å². The number of aromatic nitrogens is 1. The number of likely N-dealkylation sites (tertiary alicyclic amines) is 1. The lowest BCUT2D eigenvalue weighted by atomic mass is 9.75. The monoisotopic (exact) mass is 2260 g/mol. The molecule has 698 valence electrons. The summed E-state index contributed by atoms with van der Waals surface area (Å²) in [4.78, 5) is 176. The van der Waals surface area contributed by atoms with E-state index in [-0.39, 0.29) is 108 Å². The van der Waals surface area contributed by atoms with Gasteiger partial charge in [-0.1, -0.05) is 83.9 Å². The van der Waals surface area contributed by atoms with Crippen molar-refractivity contribution in [3.63, 3.8) is 0 Å². The number of rotatable bonds is 31. The van der Waals surface area contributed by atoms with E-state index in [9.17, 15) is 77.0 Å². The SMILES string of the molecule is CC(=O)C(=Cc1cccc(I)c1)C(=O)CCCCC(=O)OC(C)(C)C.CC(=O)C(C(=O)CCCCC(=O)OC(C)(C)C)C(C(=O)c1ccc(Cl)cc1)c1cccc(I)c1.CC(=O)CC(=O)CCCCC(=O)OC(C)(C)C.CC(C)(C)OC(=O)N1CCCC1=O.CCOC(C)=O.O=C(O)c1c(-c2cccc(I)c2)c(-c2ccc(Cl)cc2)n2c1CCC2.O=Cc1cccc(I)c1. The number of ketones is 7. The zero-order valence-corrected chi connectivity index (χ0v) is 86.7. The summed E-state index contributed by atoms with van der Waals surface area (Å²) >= 11 is 20.8. The van der Waals surface area contributed by atoms with Crippen LogP contribution in [0, 0.1) is 20.2 Å². The summed E-state index contributed by atoms with van der Waals surface area (Å²) in [5, 5.41) is 11.1. The number of esters is 4. The number of benzene rings is 6. The van der Waals surface area contributed by atoms with E-state index < -0.39 is 46.3 Å². The lowest BCUT2D eigenvalue weighted by Gasteiger charge is -2.24. The molecule has 0 spiro atoms. The molecule has 0 saturated carbocycles. The van der Waals surface area contributed by atoms with Crippen molar-refractivity contribution in [2.24, 2.45) is 5.92 Å². The van der Waals surface area contributed by atoms with Crippen molar-refractivity contribution < 1.29 is 101 Å². The standard InChI is InChI=1S/C27H30ClIO5.C20H15ClINO2.C20H25IO4.C13H22O4.C9H15NO3.C7H5IO.C4H8O2/c1-17(30)24(22(31)10-5-6-11-23(32)34-27(2,3)4)25(19-8-7-9-21(29)16-19)26(33)18-12-14-20(28)15-13-18;21-14-8-6-12(7-9-14)19-17(13-3-1-4-15(22)11-13)18(20(24)25)16-5-2-10-23(16)19;1-14(22)17(13-15-8-7-9-16(21)12-15)18(23)10-5-6-11-19(24)25-20(2,3)4;1-10(14)9-11(15)7-5-6-8-12(16)17-13(2,3)4;1-9(2,3)13-8(12)10-6-4-5-7(10)11;8-7-3-1-2-6(4-7)5-9;1-3-6-4(2)5/h7-9,12-16,24-25H,5-6,10-11H2,1-4H3;1,3-4,6-9,11H,2,5,10H2,(H,24,25);7-9,12-13H,5-6,10-11H2,1-4H3;5-9H2,1-4H3;4-6H2,1-3H3;1-5H;3H2,1-2H3. The van der Waals surface area contributed by atoms with Crippen LogP contribution in [0.1, 0.15) is 274 Å². The van der Waals surface area contributed by atoms with E-state index in [2.05, 4.69) is 99.7 Å². The number of carboxylic acids is 1. The van der Waals surface area contributed by atoms with Gasteiger partial charge in [-0.05, 0) is 372 Å². The molecule has 2 aliphatic heterocycles. The van der Waals surface area contributed by atoms with E-state index in [0.29, 0.717) is 97.7 Å². The average molecular weight is 2260 g/mol. The number of imide groups is 1. The Morgan fingerprint density at radius 3 is 1.38 bits per heavy atom. The van der Waals surface area contributed by atoms with Crippen LogP contribution in [-0.2, 0) is 89.4 Å². The molecule has 1 N–H and O–H groups in total. The number of carboxylic acid groups (broad SMARTS) is 1. The molecule has 0 radical (unpaired) electrons. The third-order valence-corrected chi connectivity index (χ3v) is 21.3. The van der Waals surface area contributed by atoms with Gasteiger partial charge in [-0.3, -0.25) is 62.3 Å². The molecule has 29 heteroatoms. The van der Waals surface area contributed by atoms with Gasteiger partial charge in [0.05, 0.1) is 41.7 Å². The van der Waals surface area contributed by atoms with Gasteiger partial charge in [-0.25, -0.2) is 14.5 Å². The maximum absolute atomic E-state index is 13.6. The number of halogens is 6. The normalized spacial score (nSPS) is 12.5. The molecule has 23 nitrogen and oxygen atoms in total. The van der Waals surface area contributed by atoms with Crippen molar-refractivity contribution in [3.8, 4) is 22.4 Å². The van der Waals surface area contributed by atoms with Gasteiger partial charge in [-0.2, -0.15) is 0 Å². The highest BCUT2D eigenvalue weighted by atomic mass is 127. The van der Waals surface area contributed by atoms with E-state index >= 15 is 0 Å². The first-order chi connectivity index (χ1) is 60.2. The zero-order valence-electron chi connectivity index (χ0n) is 76.6. The van der Waals surface area contributed by atoms with Crippen LogP contribution in [0.15, 0.2) is 151 Å². The highest BCUT2D eigenvalue weighted by Gasteiger charge is 2.39. The summed E-state index contributed by atoms with van der Waals surface area (Å²) in [5.41, 5.74) is 5.82. The topological polar surface area (TPSA) is 331 Å². The molecular weight excluding hydrogens is 2140 g/mol. The number of hydrogen-bond acceptors (Lipinski definition) is 20. The molecule has 1 aromatic heterocycles. The second-order valence-electron chi connectivity index (χ2n) is 34.2. The predicted molar refractivity (Wildman–Crippen MR) is 535 cm³/mol. The molecular formula is C100H120Cl2I4N2O21. The van der Waals surface area contributed by atoms with Crippen LogP contribution < -0.4 is 0 Å². The Morgan fingerprint density at radius 1 is 0.512 bits per heavy atom. The number of amides is 2. The lowest BCUT2D eigenvalue weighted by Crippen LogP contribution is -2.37. The number of hydrogen-bond donors (Lipinski definition) is 1. The minimum atomic E-state index is -1.11. The van der Waals surface area contributed by atoms with E-state index in [0.717, 1.165) is 85.6 Å². The number of aldehydes is 1. The fourth-order valence-corrected chi connectivity index (χ4v) is 15.4. The fourth-order valence-electron chi connectivity index (χ4n) is 12.9. The first kappa shape index (κ1) is 115.